The number of aromatic nitrogens is 5. The molecule has 2 fully saturated rings. The SMILES string of the molecule is CCCC[S+]([O-])c1sc2nc(-c3nccs3)cc(-c3cnc(Cc4ccsc4-c4cc(-c5ccccc5)c5c(N)c([S+]([O-])C6CCCCC6)sc5n4)n3C3CC3)c2c1N. The summed E-state index contributed by atoms with van der Waals surface area (Å²) in [5.74, 6) is 1.55. The molecule has 8 aromatic rings. The van der Waals surface area contributed by atoms with E-state index in [9.17, 15) is 9.11 Å². The van der Waals surface area contributed by atoms with E-state index in [1.54, 1.807) is 28.9 Å². The van der Waals surface area contributed by atoms with Crippen molar-refractivity contribution in [3.8, 4) is 43.7 Å². The molecule has 1 aromatic carbocycles. The molecule has 302 valence electrons. The Bertz CT molecular complexity index is 2760. The Kier molecular flexibility index (Phi) is 11.1. The minimum Gasteiger partial charge on any atom is -0.611 e. The maximum Gasteiger partial charge on any atom is 0.232 e. The molecule has 59 heavy (non-hydrogen) atoms. The van der Waals surface area contributed by atoms with Crippen LogP contribution in [0.1, 0.15) is 82.1 Å². The topological polar surface area (TPSA) is 155 Å². The van der Waals surface area contributed by atoms with Gasteiger partial charge in [-0.05, 0) is 96.4 Å². The predicted molar refractivity (Wildman–Crippen MR) is 250 cm³/mol. The Morgan fingerprint density at radius 2 is 1.54 bits per heavy atom. The lowest BCUT2D eigenvalue weighted by Gasteiger charge is -2.23. The second-order valence-corrected chi connectivity index (χ2v) is 22.9. The van der Waals surface area contributed by atoms with Gasteiger partial charge in [-0.15, -0.1) is 22.7 Å². The Morgan fingerprint density at radius 3 is 2.29 bits per heavy atom. The van der Waals surface area contributed by atoms with Gasteiger partial charge in [-0.1, -0.05) is 72.8 Å². The molecule has 10 rings (SSSR count). The van der Waals surface area contributed by atoms with Gasteiger partial charge in [0.05, 0.1) is 22.5 Å². The monoisotopic (exact) mass is 893 g/mol. The van der Waals surface area contributed by atoms with Gasteiger partial charge in [-0.3, -0.25) is 0 Å². The Morgan fingerprint density at radius 1 is 0.814 bits per heavy atom. The third-order valence-electron chi connectivity index (χ3n) is 11.4. The van der Waals surface area contributed by atoms with Crippen molar-refractivity contribution in [3.05, 3.63) is 83.1 Å². The van der Waals surface area contributed by atoms with Crippen LogP contribution in [0, 0.1) is 0 Å². The first-order valence-electron chi connectivity index (χ1n) is 20.2. The summed E-state index contributed by atoms with van der Waals surface area (Å²) in [6, 6.07) is 17.1. The van der Waals surface area contributed by atoms with E-state index >= 15 is 0 Å². The highest BCUT2D eigenvalue weighted by molar-refractivity contribution is 7.94. The van der Waals surface area contributed by atoms with Crippen molar-refractivity contribution in [2.45, 2.75) is 90.8 Å². The van der Waals surface area contributed by atoms with Crippen LogP contribution in [0.2, 0.25) is 0 Å². The molecule has 4 N–H and O–H groups in total. The van der Waals surface area contributed by atoms with E-state index in [1.165, 1.54) is 29.1 Å². The molecular weight excluding hydrogens is 851 g/mol. The molecule has 9 nitrogen and oxygen atoms in total. The van der Waals surface area contributed by atoms with E-state index in [2.05, 4.69) is 52.2 Å². The van der Waals surface area contributed by atoms with Gasteiger partial charge >= 0.3 is 0 Å². The van der Waals surface area contributed by atoms with Crippen LogP contribution in [0.15, 0.2) is 80.1 Å². The third-order valence-corrected chi connectivity index (χ3v) is 19.5. The van der Waals surface area contributed by atoms with Gasteiger partial charge in [-0.2, -0.15) is 0 Å². The number of nitrogen functional groups attached to an aromatic ring is 2. The number of unbranched alkanes of at least 4 members (excludes halogenated alkanes) is 1. The van der Waals surface area contributed by atoms with Gasteiger partial charge in [0.15, 0.2) is 0 Å². The van der Waals surface area contributed by atoms with Crippen molar-refractivity contribution in [1.82, 2.24) is 24.5 Å². The molecule has 7 heterocycles. The van der Waals surface area contributed by atoms with Crippen molar-refractivity contribution in [2.24, 2.45) is 0 Å². The second-order valence-electron chi connectivity index (χ2n) is 15.4. The maximum absolute atomic E-state index is 14.0. The van der Waals surface area contributed by atoms with E-state index in [-0.39, 0.29) is 5.25 Å². The normalized spacial score (nSPS) is 16.1. The number of rotatable bonds is 13. The first-order chi connectivity index (χ1) is 28.9. The van der Waals surface area contributed by atoms with Crippen molar-refractivity contribution in [3.63, 3.8) is 0 Å². The zero-order valence-electron chi connectivity index (χ0n) is 32.5. The lowest BCUT2D eigenvalue weighted by Crippen LogP contribution is -2.24. The minimum absolute atomic E-state index is 0.137. The van der Waals surface area contributed by atoms with Crippen LogP contribution in [0.3, 0.4) is 0 Å². The fourth-order valence-electron chi connectivity index (χ4n) is 8.28. The lowest BCUT2D eigenvalue weighted by molar-refractivity contribution is 0.484. The molecule has 2 aliphatic rings. The number of imidazole rings is 1. The van der Waals surface area contributed by atoms with Crippen LogP contribution < -0.4 is 11.5 Å². The maximum atomic E-state index is 14.0. The number of fused-ring (bicyclic) bond motifs is 2. The van der Waals surface area contributed by atoms with E-state index in [1.807, 2.05) is 29.8 Å². The molecule has 2 unspecified atom stereocenters. The van der Waals surface area contributed by atoms with Crippen LogP contribution in [-0.4, -0.2) is 44.6 Å². The van der Waals surface area contributed by atoms with Gasteiger partial charge in [0.2, 0.25) is 8.42 Å². The molecule has 0 radical (unpaired) electrons. The number of hydrogen-bond donors (Lipinski definition) is 2. The van der Waals surface area contributed by atoms with Crippen molar-refractivity contribution in [2.75, 3.05) is 17.2 Å². The van der Waals surface area contributed by atoms with Crippen molar-refractivity contribution < 1.29 is 9.11 Å². The number of nitrogens with two attached hydrogens (primary N) is 2. The largest absolute Gasteiger partial charge is 0.611 e. The molecule has 15 heteroatoms. The molecule has 2 saturated carbocycles. The summed E-state index contributed by atoms with van der Waals surface area (Å²) in [4.78, 5) is 22.7. The number of nitrogens with zero attached hydrogens (tertiary/aromatic N) is 5. The zero-order chi connectivity index (χ0) is 40.2. The highest BCUT2D eigenvalue weighted by Gasteiger charge is 2.34. The number of pyridine rings is 2. The molecule has 2 aliphatic carbocycles. The van der Waals surface area contributed by atoms with Crippen LogP contribution in [0.4, 0.5) is 11.4 Å². The number of thiazole rings is 1. The Hall–Kier alpha value is -3.80. The molecule has 0 bridgehead atoms. The lowest BCUT2D eigenvalue weighted by atomic mass is 10.0. The van der Waals surface area contributed by atoms with Gasteiger partial charge < -0.3 is 25.1 Å². The standard InChI is InChI=1S/C44H43N7O2S6/c1-2-3-20-58(52)43-37(45)36-30(23-32(50-42(36)56-43)40-47-17-19-55-40)33-24-48-34(51(33)27-14-15-27)21-26-16-18-54-39(26)31-22-29(25-10-6-4-7-11-25)35-38(46)44(57-41(35)49-31)59(53)28-12-8-5-9-13-28/h4,6-7,10-11,16-19,22-24,27-28H,2-3,5,8-9,12-15,20-21,45-46H2,1H3. The van der Waals surface area contributed by atoms with Crippen molar-refractivity contribution in [1.29, 1.82) is 0 Å². The number of hydrogen-bond acceptors (Lipinski definition) is 12. The molecule has 0 aliphatic heterocycles. The summed E-state index contributed by atoms with van der Waals surface area (Å²) in [7, 11) is 0. The van der Waals surface area contributed by atoms with Crippen LogP contribution in [0.25, 0.3) is 64.1 Å². The summed E-state index contributed by atoms with van der Waals surface area (Å²) in [6.45, 7) is 2.11. The van der Waals surface area contributed by atoms with E-state index in [0.29, 0.717) is 33.8 Å². The number of anilines is 2. The van der Waals surface area contributed by atoms with Gasteiger partial charge in [0, 0.05) is 51.6 Å². The van der Waals surface area contributed by atoms with Crippen LogP contribution in [0.5, 0.6) is 0 Å². The highest BCUT2D eigenvalue weighted by atomic mass is 32.2. The number of thiophene rings is 3. The van der Waals surface area contributed by atoms with E-state index < -0.39 is 22.4 Å². The summed E-state index contributed by atoms with van der Waals surface area (Å²) >= 11 is 3.77. The summed E-state index contributed by atoms with van der Waals surface area (Å²) in [5.41, 5.74) is 21.8. The summed E-state index contributed by atoms with van der Waals surface area (Å²) < 4.78 is 31.4. The second kappa shape index (κ2) is 16.6. The highest BCUT2D eigenvalue weighted by Crippen LogP contribution is 2.49. The quantitative estimate of drug-likeness (QED) is 0.108. The van der Waals surface area contributed by atoms with E-state index in [0.717, 1.165) is 131 Å². The predicted octanol–water partition coefficient (Wildman–Crippen LogP) is 11.7. The zero-order valence-corrected chi connectivity index (χ0v) is 37.4. The fourth-order valence-corrected chi connectivity index (χ4v) is 15.8. The molecule has 2 atom stereocenters. The fraction of sp³-hybridized carbons (Fsp3) is 0.318. The summed E-state index contributed by atoms with van der Waals surface area (Å²) in [6.07, 6.45) is 13.7. The molecular formula is C44H43N7O2S6. The molecule has 0 spiro atoms. The van der Waals surface area contributed by atoms with Crippen molar-refractivity contribution >= 4 is 99.5 Å². The molecule has 7 aromatic heterocycles. The Labute approximate surface area is 365 Å². The molecule has 0 saturated heterocycles. The van der Waals surface area contributed by atoms with Crippen LogP contribution in [-0.2, 0) is 28.8 Å². The first kappa shape index (κ1) is 39.3. The van der Waals surface area contributed by atoms with Crippen LogP contribution >= 0.6 is 45.3 Å². The van der Waals surface area contributed by atoms with E-state index in [4.69, 9.17) is 26.4 Å². The average molecular weight is 894 g/mol. The Balaban J connectivity index is 1.06. The van der Waals surface area contributed by atoms with Gasteiger partial charge in [0.25, 0.3) is 0 Å². The van der Waals surface area contributed by atoms with Gasteiger partial charge in [0.1, 0.15) is 48.6 Å². The first-order valence-corrected chi connectivity index (χ1v) is 26.1. The number of benzene rings is 1. The average Bonchev–Trinajstić information content (AvgIpc) is 3.74. The molecule has 0 amide bonds. The van der Waals surface area contributed by atoms with Gasteiger partial charge in [-0.25, -0.2) is 19.9 Å². The minimum atomic E-state index is -1.21. The summed E-state index contributed by atoms with van der Waals surface area (Å²) in [5, 5.41) is 6.79. The smallest absolute Gasteiger partial charge is 0.232 e. The third kappa shape index (κ3) is 7.41.